The molecule has 3 aliphatic rings. The van der Waals surface area contributed by atoms with Gasteiger partial charge in [0.15, 0.2) is 28.7 Å². The minimum absolute atomic E-state index is 0.0623. The lowest BCUT2D eigenvalue weighted by Gasteiger charge is -2.39. The molecule has 1 saturated heterocycles. The van der Waals surface area contributed by atoms with Crippen LogP contribution in [-0.4, -0.2) is 61.6 Å². The minimum Gasteiger partial charge on any atom is -0.493 e. The van der Waals surface area contributed by atoms with Crippen LogP contribution in [0.25, 0.3) is 5.69 Å². The van der Waals surface area contributed by atoms with Gasteiger partial charge in [-0.2, -0.15) is 0 Å². The standard InChI is InChI=1S/C31H27ClN4O8/c1-39-24-8-15(9-25(40-2)29(24)41-3)26-18-10-22-23(44-14-43-22)11-19(18)28(20-13-42-31(38)27(20)26)33-30(37)21-12-36(35-34-21)17-6-4-16(32)5-7-17/h4-12,20,26-28H,13-14H2,1-3H3,(H,33,37)/t20-,26+,27-,28-/m0/s1. The van der Waals surface area contributed by atoms with Crippen molar-refractivity contribution in [3.05, 3.63) is 82.1 Å². The number of esters is 1. The Kier molecular flexibility index (Phi) is 6.92. The summed E-state index contributed by atoms with van der Waals surface area (Å²) >= 11 is 6.01. The van der Waals surface area contributed by atoms with Crippen LogP contribution < -0.4 is 29.0 Å². The number of aromatic nitrogens is 3. The first-order valence-electron chi connectivity index (χ1n) is 13.8. The fourth-order valence-corrected chi connectivity index (χ4v) is 6.46. The third-order valence-electron chi connectivity index (χ3n) is 8.34. The Morgan fingerprint density at radius 2 is 1.64 bits per heavy atom. The maximum absolute atomic E-state index is 13.6. The zero-order chi connectivity index (χ0) is 30.5. The molecule has 44 heavy (non-hydrogen) atoms. The number of halogens is 1. The smallest absolute Gasteiger partial charge is 0.310 e. The number of hydrogen-bond donors (Lipinski definition) is 1. The molecule has 0 spiro atoms. The summed E-state index contributed by atoms with van der Waals surface area (Å²) in [6, 6.07) is 13.8. The van der Waals surface area contributed by atoms with Crippen molar-refractivity contribution in [2.75, 3.05) is 34.7 Å². The van der Waals surface area contributed by atoms with Gasteiger partial charge >= 0.3 is 5.97 Å². The highest BCUT2D eigenvalue weighted by Crippen LogP contribution is 2.55. The summed E-state index contributed by atoms with van der Waals surface area (Å²) in [5.74, 6) is 0.0714. The molecule has 4 atom stereocenters. The molecule has 1 fully saturated rings. The van der Waals surface area contributed by atoms with Gasteiger partial charge < -0.3 is 33.7 Å². The Hall–Kier alpha value is -4.97. The predicted molar refractivity (Wildman–Crippen MR) is 155 cm³/mol. The fourth-order valence-electron chi connectivity index (χ4n) is 6.33. The lowest BCUT2D eigenvalue weighted by atomic mass is 9.65. The molecule has 7 rings (SSSR count). The topological polar surface area (TPSA) is 132 Å². The summed E-state index contributed by atoms with van der Waals surface area (Å²) in [6.07, 6.45) is 1.54. The van der Waals surface area contributed by atoms with Crippen LogP contribution in [0.4, 0.5) is 0 Å². The highest BCUT2D eigenvalue weighted by molar-refractivity contribution is 6.30. The molecule has 1 aromatic heterocycles. The molecule has 3 heterocycles. The number of hydrogen-bond acceptors (Lipinski definition) is 10. The first kappa shape index (κ1) is 27.8. The molecule has 13 heteroatoms. The number of methoxy groups -OCH3 is 3. The van der Waals surface area contributed by atoms with E-state index in [9.17, 15) is 9.59 Å². The molecule has 0 saturated carbocycles. The zero-order valence-electron chi connectivity index (χ0n) is 23.9. The van der Waals surface area contributed by atoms with E-state index in [1.807, 2.05) is 24.3 Å². The second kappa shape index (κ2) is 10.9. The summed E-state index contributed by atoms with van der Waals surface area (Å²) in [5, 5.41) is 11.9. The van der Waals surface area contributed by atoms with Gasteiger partial charge in [-0.3, -0.25) is 9.59 Å². The molecule has 1 aliphatic carbocycles. The first-order valence-corrected chi connectivity index (χ1v) is 14.2. The molecule has 3 aromatic carbocycles. The molecule has 0 radical (unpaired) electrons. The van der Waals surface area contributed by atoms with E-state index in [1.165, 1.54) is 32.2 Å². The summed E-state index contributed by atoms with van der Waals surface area (Å²) in [4.78, 5) is 27.1. The maximum atomic E-state index is 13.6. The van der Waals surface area contributed by atoms with Crippen LogP contribution in [0.3, 0.4) is 0 Å². The van der Waals surface area contributed by atoms with Crippen molar-refractivity contribution in [2.24, 2.45) is 11.8 Å². The van der Waals surface area contributed by atoms with Gasteiger partial charge in [0.25, 0.3) is 5.91 Å². The Labute approximate surface area is 256 Å². The molecule has 1 amide bonds. The van der Waals surface area contributed by atoms with Crippen molar-refractivity contribution in [3.63, 3.8) is 0 Å². The second-order valence-electron chi connectivity index (χ2n) is 10.6. The van der Waals surface area contributed by atoms with E-state index in [1.54, 1.807) is 24.3 Å². The quantitative estimate of drug-likeness (QED) is 0.302. The van der Waals surface area contributed by atoms with Crippen LogP contribution in [-0.2, 0) is 9.53 Å². The SMILES string of the molecule is COc1cc([C@@H]2c3cc4c(cc3[C@H](NC(=O)c3cn(-c5ccc(Cl)cc5)nn3)[C@H]3COC(=O)[C@H]23)OCO4)cc(OC)c1OC. The number of fused-ring (bicyclic) bond motifs is 3. The van der Waals surface area contributed by atoms with Gasteiger partial charge in [0.05, 0.1) is 51.8 Å². The molecule has 4 aromatic rings. The Morgan fingerprint density at radius 3 is 2.30 bits per heavy atom. The number of cyclic esters (lactones) is 1. The van der Waals surface area contributed by atoms with Crippen molar-refractivity contribution < 1.29 is 38.0 Å². The van der Waals surface area contributed by atoms with E-state index in [2.05, 4.69) is 15.6 Å². The zero-order valence-corrected chi connectivity index (χ0v) is 24.7. The van der Waals surface area contributed by atoms with E-state index >= 15 is 0 Å². The van der Waals surface area contributed by atoms with Crippen LogP contribution in [0.2, 0.25) is 5.02 Å². The second-order valence-corrected chi connectivity index (χ2v) is 11.0. The molecule has 12 nitrogen and oxygen atoms in total. The first-order chi connectivity index (χ1) is 21.4. The lowest BCUT2D eigenvalue weighted by molar-refractivity contribution is -0.141. The Morgan fingerprint density at radius 1 is 0.955 bits per heavy atom. The number of benzene rings is 3. The van der Waals surface area contributed by atoms with Gasteiger partial charge in [0.2, 0.25) is 12.5 Å². The molecule has 0 unspecified atom stereocenters. The summed E-state index contributed by atoms with van der Waals surface area (Å²) in [5.41, 5.74) is 3.10. The van der Waals surface area contributed by atoms with Crippen molar-refractivity contribution >= 4 is 23.5 Å². The average molecular weight is 619 g/mol. The number of rotatable bonds is 7. The van der Waals surface area contributed by atoms with E-state index in [0.717, 1.165) is 16.7 Å². The monoisotopic (exact) mass is 618 g/mol. The van der Waals surface area contributed by atoms with E-state index < -0.39 is 29.7 Å². The van der Waals surface area contributed by atoms with Gasteiger partial charge in [-0.05, 0) is 65.2 Å². The molecule has 0 bridgehead atoms. The Bertz CT molecular complexity index is 1750. The van der Waals surface area contributed by atoms with Gasteiger partial charge in [-0.1, -0.05) is 16.8 Å². The number of nitrogens with one attached hydrogen (secondary N) is 1. The van der Waals surface area contributed by atoms with E-state index in [4.69, 9.17) is 40.0 Å². The lowest BCUT2D eigenvalue weighted by Crippen LogP contribution is -2.43. The molecular weight excluding hydrogens is 592 g/mol. The maximum Gasteiger partial charge on any atom is 0.310 e. The summed E-state index contributed by atoms with van der Waals surface area (Å²) in [6.45, 7) is 0.174. The van der Waals surface area contributed by atoms with Crippen LogP contribution in [0.1, 0.15) is 39.1 Å². The van der Waals surface area contributed by atoms with E-state index in [-0.39, 0.29) is 25.1 Å². The van der Waals surface area contributed by atoms with Crippen molar-refractivity contribution in [3.8, 4) is 34.4 Å². The Balaban J connectivity index is 1.31. The van der Waals surface area contributed by atoms with Crippen LogP contribution in [0, 0.1) is 11.8 Å². The van der Waals surface area contributed by atoms with Crippen molar-refractivity contribution in [1.29, 1.82) is 0 Å². The number of amides is 1. The average Bonchev–Trinajstić information content (AvgIpc) is 3.80. The predicted octanol–water partition coefficient (Wildman–Crippen LogP) is 4.08. The highest BCUT2D eigenvalue weighted by Gasteiger charge is 2.53. The number of carbonyl (C=O) groups excluding carboxylic acids is 2. The number of ether oxygens (including phenoxy) is 6. The number of nitrogens with zero attached hydrogens (tertiary/aromatic N) is 3. The minimum atomic E-state index is -0.638. The van der Waals surface area contributed by atoms with Gasteiger partial charge in [-0.25, -0.2) is 4.68 Å². The number of carbonyl (C=O) groups is 2. The third-order valence-corrected chi connectivity index (χ3v) is 8.59. The van der Waals surface area contributed by atoms with Crippen molar-refractivity contribution in [2.45, 2.75) is 12.0 Å². The fraction of sp³-hybridized carbons (Fsp3) is 0.290. The van der Waals surface area contributed by atoms with Gasteiger partial charge in [0.1, 0.15) is 0 Å². The molecular formula is C31H27ClN4O8. The largest absolute Gasteiger partial charge is 0.493 e. The van der Waals surface area contributed by atoms with Gasteiger partial charge in [-0.15, -0.1) is 5.10 Å². The highest BCUT2D eigenvalue weighted by atomic mass is 35.5. The van der Waals surface area contributed by atoms with E-state index in [0.29, 0.717) is 39.5 Å². The molecule has 226 valence electrons. The third kappa shape index (κ3) is 4.53. The molecule has 2 aliphatic heterocycles. The molecule has 1 N–H and O–H groups in total. The normalized spacial score (nSPS) is 21.2. The van der Waals surface area contributed by atoms with Crippen LogP contribution in [0.15, 0.2) is 54.7 Å². The summed E-state index contributed by atoms with van der Waals surface area (Å²) < 4.78 is 35.4. The summed E-state index contributed by atoms with van der Waals surface area (Å²) in [7, 11) is 4.60. The van der Waals surface area contributed by atoms with Gasteiger partial charge in [0, 0.05) is 16.9 Å². The van der Waals surface area contributed by atoms with Crippen LogP contribution in [0.5, 0.6) is 28.7 Å². The van der Waals surface area contributed by atoms with Crippen molar-refractivity contribution in [1.82, 2.24) is 20.3 Å². The van der Waals surface area contributed by atoms with Crippen LogP contribution >= 0.6 is 11.6 Å².